The number of anilines is 1. The van der Waals surface area contributed by atoms with Crippen molar-refractivity contribution < 1.29 is 37.0 Å². The Hall–Kier alpha value is -3.83. The number of nitrogens with zero attached hydrogens (tertiary/aromatic N) is 2. The van der Waals surface area contributed by atoms with Gasteiger partial charge >= 0.3 is 18.1 Å². The summed E-state index contributed by atoms with van der Waals surface area (Å²) in [7, 11) is 1.14. The fraction of sp³-hybridized carbons (Fsp3) is 0.525. The van der Waals surface area contributed by atoms with E-state index in [1.54, 1.807) is 0 Å². The molecule has 1 saturated carbocycles. The maximum absolute atomic E-state index is 14.3. The zero-order valence-electron chi connectivity index (χ0n) is 29.9. The lowest BCUT2D eigenvalue weighted by atomic mass is 9.59. The fourth-order valence-electron chi connectivity index (χ4n) is 9.10. The number of hydrogen-bond donors (Lipinski definition) is 1. The van der Waals surface area contributed by atoms with Gasteiger partial charge in [0.1, 0.15) is 23.6 Å². The monoisotopic (exact) mass is 741 g/mol. The minimum absolute atomic E-state index is 0.0518. The summed E-state index contributed by atoms with van der Waals surface area (Å²) >= 11 is 6.22. The number of nitrogens with two attached hydrogens (primary N) is 1. The Morgan fingerprint density at radius 3 is 2.56 bits per heavy atom. The molecule has 1 amide bonds. The molecule has 1 spiro atoms. The molecule has 0 saturated heterocycles. The molecule has 2 aromatic carbocycles. The molecule has 0 unspecified atom stereocenters. The summed E-state index contributed by atoms with van der Waals surface area (Å²) < 4.78 is 60.6. The minimum Gasteiger partial charge on any atom is -0.493 e. The highest BCUT2D eigenvalue weighted by Gasteiger charge is 2.60. The van der Waals surface area contributed by atoms with Gasteiger partial charge in [0.25, 0.3) is 0 Å². The number of aryl methyl sites for hydroxylation is 1. The van der Waals surface area contributed by atoms with Gasteiger partial charge in [-0.2, -0.15) is 13.2 Å². The van der Waals surface area contributed by atoms with Crippen molar-refractivity contribution in [3.05, 3.63) is 82.1 Å². The Kier molecular flexibility index (Phi) is 11.1. The van der Waals surface area contributed by atoms with Gasteiger partial charge in [0, 0.05) is 34.7 Å². The second-order valence-corrected chi connectivity index (χ2v) is 15.2. The summed E-state index contributed by atoms with van der Waals surface area (Å²) in [5.74, 6) is -0.902. The van der Waals surface area contributed by atoms with E-state index in [4.69, 9.17) is 31.5 Å². The van der Waals surface area contributed by atoms with Crippen LogP contribution in [-0.2, 0) is 32.6 Å². The SMILES string of the molecule is COC(=O)C1(N(C(=O)C(F)(F)F)c2cccc(Cl)c2)CCC2(CC1)c1cc(OCCN)ccc1C[C@@H]2C[C@@H](C)COc1ccnc2c1[C@H](C)CCC2. The van der Waals surface area contributed by atoms with Gasteiger partial charge in [0.15, 0.2) is 0 Å². The molecule has 3 atom stereocenters. The van der Waals surface area contributed by atoms with Crippen LogP contribution < -0.4 is 20.1 Å². The van der Waals surface area contributed by atoms with Crippen LogP contribution in [0.25, 0.3) is 0 Å². The Bertz CT molecular complexity index is 1780. The number of benzene rings is 2. The summed E-state index contributed by atoms with van der Waals surface area (Å²) in [5.41, 5.74) is 7.69. The largest absolute Gasteiger partial charge is 0.493 e. The van der Waals surface area contributed by atoms with Crippen LogP contribution in [0.5, 0.6) is 11.5 Å². The lowest BCUT2D eigenvalue weighted by molar-refractivity contribution is -0.174. The van der Waals surface area contributed by atoms with Gasteiger partial charge in [-0.05, 0) is 128 Å². The molecule has 0 radical (unpaired) electrons. The Balaban J connectivity index is 1.33. The van der Waals surface area contributed by atoms with Crippen molar-refractivity contribution in [3.8, 4) is 11.5 Å². The average Bonchev–Trinajstić information content (AvgIpc) is 3.41. The normalized spacial score (nSPS) is 24.5. The zero-order valence-corrected chi connectivity index (χ0v) is 30.7. The van der Waals surface area contributed by atoms with Crippen LogP contribution in [-0.4, -0.2) is 55.4 Å². The van der Waals surface area contributed by atoms with Crippen molar-refractivity contribution in [1.29, 1.82) is 0 Å². The first-order valence-corrected chi connectivity index (χ1v) is 18.5. The highest BCUT2D eigenvalue weighted by atomic mass is 35.5. The molecule has 0 bridgehead atoms. The third-order valence-corrected chi connectivity index (χ3v) is 11.7. The number of esters is 1. The quantitative estimate of drug-likeness (QED) is 0.198. The number of aromatic nitrogens is 1. The van der Waals surface area contributed by atoms with E-state index in [0.29, 0.717) is 49.2 Å². The molecule has 3 aliphatic carbocycles. The molecule has 0 aliphatic heterocycles. The van der Waals surface area contributed by atoms with Crippen molar-refractivity contribution in [1.82, 2.24) is 4.98 Å². The van der Waals surface area contributed by atoms with E-state index in [9.17, 15) is 22.8 Å². The summed E-state index contributed by atoms with van der Waals surface area (Å²) in [6.07, 6.45) is 1.83. The van der Waals surface area contributed by atoms with E-state index in [1.165, 1.54) is 29.8 Å². The second-order valence-electron chi connectivity index (χ2n) is 14.8. The molecule has 2 N–H and O–H groups in total. The first kappa shape index (κ1) is 37.9. The molecule has 52 heavy (non-hydrogen) atoms. The second kappa shape index (κ2) is 15.3. The predicted octanol–water partition coefficient (Wildman–Crippen LogP) is 8.11. The highest BCUT2D eigenvalue weighted by molar-refractivity contribution is 6.31. The molecule has 8 nitrogen and oxygen atoms in total. The van der Waals surface area contributed by atoms with Gasteiger partial charge in [0.2, 0.25) is 0 Å². The van der Waals surface area contributed by atoms with Gasteiger partial charge < -0.3 is 19.9 Å². The molecule has 3 aromatic rings. The van der Waals surface area contributed by atoms with E-state index in [2.05, 4.69) is 24.9 Å². The number of carbonyl (C=O) groups excluding carboxylic acids is 2. The van der Waals surface area contributed by atoms with Crippen molar-refractivity contribution in [2.24, 2.45) is 17.6 Å². The standard InChI is InChI=1S/C40H47ClF3N3O5/c1-25(24-52-34-12-18-46-33-9-4-6-26(2)35(33)34)20-28-21-27-10-11-31(51-19-17-45)23-32(27)38(28)13-15-39(16-14-38,37(49)50-3)47(36(48)40(42,43)44)30-8-5-7-29(41)22-30/h5,7-8,10-12,18,22-23,25-26,28H,4,6,9,13-17,19-21,24,45H2,1-3H3/t25-,26-,28+,38?,39?/m1/s1. The van der Waals surface area contributed by atoms with Crippen LogP contribution in [0, 0.1) is 11.8 Å². The summed E-state index contributed by atoms with van der Waals surface area (Å²) in [5, 5.41) is 0.137. The van der Waals surface area contributed by atoms with Gasteiger partial charge in [-0.3, -0.25) is 14.7 Å². The molecule has 1 aromatic heterocycles. The fourth-order valence-corrected chi connectivity index (χ4v) is 9.29. The van der Waals surface area contributed by atoms with E-state index >= 15 is 0 Å². The number of rotatable bonds is 11. The van der Waals surface area contributed by atoms with E-state index < -0.39 is 29.0 Å². The van der Waals surface area contributed by atoms with Crippen molar-refractivity contribution in [2.75, 3.05) is 31.8 Å². The first-order valence-electron chi connectivity index (χ1n) is 18.1. The number of methoxy groups -OCH3 is 1. The van der Waals surface area contributed by atoms with Crippen molar-refractivity contribution >= 4 is 29.2 Å². The van der Waals surface area contributed by atoms with E-state index in [0.717, 1.165) is 61.8 Å². The lowest BCUT2D eigenvalue weighted by Crippen LogP contribution is -2.63. The number of amides is 1. The van der Waals surface area contributed by atoms with Gasteiger partial charge in [-0.1, -0.05) is 37.6 Å². The molecule has 280 valence electrons. The smallest absolute Gasteiger partial charge is 0.471 e. The molecule has 6 rings (SSSR count). The van der Waals surface area contributed by atoms with Crippen LogP contribution in [0.3, 0.4) is 0 Å². The number of hydrogen-bond acceptors (Lipinski definition) is 7. The van der Waals surface area contributed by atoms with Gasteiger partial charge in [-0.15, -0.1) is 0 Å². The topological polar surface area (TPSA) is 104 Å². The van der Waals surface area contributed by atoms with E-state index in [-0.39, 0.29) is 35.4 Å². The molecular formula is C40H47ClF3N3O5. The zero-order chi connectivity index (χ0) is 37.3. The summed E-state index contributed by atoms with van der Waals surface area (Å²) in [6, 6.07) is 13.6. The van der Waals surface area contributed by atoms with Crippen LogP contribution >= 0.6 is 11.6 Å². The van der Waals surface area contributed by atoms with E-state index in [1.807, 2.05) is 24.4 Å². The summed E-state index contributed by atoms with van der Waals surface area (Å²) in [6.45, 7) is 5.55. The van der Waals surface area contributed by atoms with Gasteiger partial charge in [0.05, 0.1) is 13.7 Å². The third kappa shape index (κ3) is 7.23. The number of pyridine rings is 1. The summed E-state index contributed by atoms with van der Waals surface area (Å²) in [4.78, 5) is 32.2. The molecule has 1 fully saturated rings. The van der Waals surface area contributed by atoms with Crippen LogP contribution in [0.4, 0.5) is 18.9 Å². The molecule has 3 aliphatic rings. The lowest BCUT2D eigenvalue weighted by Gasteiger charge is -2.51. The van der Waals surface area contributed by atoms with Crippen LogP contribution in [0.15, 0.2) is 54.7 Å². The molecular weight excluding hydrogens is 695 g/mol. The molecule has 1 heterocycles. The minimum atomic E-state index is -5.25. The number of halogens is 4. The number of carbonyl (C=O) groups is 2. The Morgan fingerprint density at radius 2 is 1.87 bits per heavy atom. The Labute approximate surface area is 308 Å². The highest BCUT2D eigenvalue weighted by Crippen LogP contribution is 2.58. The number of fused-ring (bicyclic) bond motifs is 3. The van der Waals surface area contributed by atoms with Crippen LogP contribution in [0.1, 0.15) is 87.1 Å². The van der Waals surface area contributed by atoms with Gasteiger partial charge in [-0.25, -0.2) is 4.79 Å². The molecule has 12 heteroatoms. The Morgan fingerprint density at radius 1 is 1.10 bits per heavy atom. The number of ether oxygens (including phenoxy) is 3. The maximum Gasteiger partial charge on any atom is 0.471 e. The third-order valence-electron chi connectivity index (χ3n) is 11.5. The maximum atomic E-state index is 14.3. The van der Waals surface area contributed by atoms with Crippen molar-refractivity contribution in [2.45, 2.75) is 94.7 Å². The predicted molar refractivity (Wildman–Crippen MR) is 193 cm³/mol. The average molecular weight is 742 g/mol. The van der Waals surface area contributed by atoms with Crippen LogP contribution in [0.2, 0.25) is 5.02 Å². The number of alkyl halides is 3. The van der Waals surface area contributed by atoms with Crippen molar-refractivity contribution in [3.63, 3.8) is 0 Å². The first-order chi connectivity index (χ1) is 24.8.